The average molecular weight is 262 g/mol. The second-order valence-corrected chi connectivity index (χ2v) is 5.03. The van der Waals surface area contributed by atoms with Crippen LogP contribution in [0.25, 0.3) is 10.9 Å². The van der Waals surface area contributed by atoms with E-state index in [1.165, 1.54) is 6.07 Å². The van der Waals surface area contributed by atoms with Gasteiger partial charge < -0.3 is 14.6 Å². The summed E-state index contributed by atoms with van der Waals surface area (Å²) in [7, 11) is 2.02. The van der Waals surface area contributed by atoms with E-state index in [9.17, 15) is 9.18 Å². The van der Waals surface area contributed by atoms with E-state index < -0.39 is 5.97 Å². The Kier molecular flexibility index (Phi) is 2.78. The number of benzene rings is 1. The molecule has 0 fully saturated rings. The van der Waals surface area contributed by atoms with Gasteiger partial charge in [0.15, 0.2) is 0 Å². The first-order chi connectivity index (χ1) is 9.08. The lowest BCUT2D eigenvalue weighted by atomic mass is 10.1. The highest BCUT2D eigenvalue weighted by Crippen LogP contribution is 2.31. The van der Waals surface area contributed by atoms with Gasteiger partial charge >= 0.3 is 5.97 Å². The predicted molar refractivity (Wildman–Crippen MR) is 69.6 cm³/mol. The summed E-state index contributed by atoms with van der Waals surface area (Å²) in [5.41, 5.74) is 2.44. The van der Waals surface area contributed by atoms with Crippen molar-refractivity contribution >= 4 is 16.9 Å². The Bertz CT molecular complexity index is 663. The molecule has 0 bridgehead atoms. The van der Waals surface area contributed by atoms with E-state index in [1.54, 1.807) is 10.6 Å². The molecule has 0 saturated carbocycles. The highest BCUT2D eigenvalue weighted by Gasteiger charge is 2.24. The lowest BCUT2D eigenvalue weighted by Crippen LogP contribution is -2.27. The molecule has 100 valence electrons. The first kappa shape index (κ1) is 12.2. The quantitative estimate of drug-likeness (QED) is 0.898. The summed E-state index contributed by atoms with van der Waals surface area (Å²) >= 11 is 0. The maximum atomic E-state index is 14.1. The van der Waals surface area contributed by atoms with Crippen LogP contribution in [0.1, 0.15) is 11.3 Å². The molecular weight excluding hydrogens is 247 g/mol. The molecule has 5 heteroatoms. The topological polar surface area (TPSA) is 45.5 Å². The Morgan fingerprint density at radius 2 is 2.26 bits per heavy atom. The van der Waals surface area contributed by atoms with Crippen molar-refractivity contribution < 1.29 is 14.3 Å². The lowest BCUT2D eigenvalue weighted by Gasteiger charge is -2.23. The predicted octanol–water partition coefficient (Wildman–Crippen LogP) is 1.85. The summed E-state index contributed by atoms with van der Waals surface area (Å²) in [6.07, 6.45) is 0.757. The second kappa shape index (κ2) is 4.35. The van der Waals surface area contributed by atoms with Crippen molar-refractivity contribution in [1.29, 1.82) is 0 Å². The Hall–Kier alpha value is -1.88. The first-order valence-electron chi connectivity index (χ1n) is 6.26. The van der Waals surface area contributed by atoms with Crippen molar-refractivity contribution in [3.8, 4) is 0 Å². The minimum absolute atomic E-state index is 0.184. The third-order valence-corrected chi connectivity index (χ3v) is 3.71. The van der Waals surface area contributed by atoms with Gasteiger partial charge in [0.1, 0.15) is 12.4 Å². The van der Waals surface area contributed by atoms with Crippen molar-refractivity contribution in [3.05, 3.63) is 35.3 Å². The van der Waals surface area contributed by atoms with E-state index in [2.05, 4.69) is 4.90 Å². The maximum absolute atomic E-state index is 14.1. The van der Waals surface area contributed by atoms with Crippen LogP contribution in [0, 0.1) is 5.82 Å². The fraction of sp³-hybridized carbons (Fsp3) is 0.357. The second-order valence-electron chi connectivity index (χ2n) is 5.03. The molecule has 1 N–H and O–H groups in total. The smallest absolute Gasteiger partial charge is 0.323 e. The zero-order valence-electron chi connectivity index (χ0n) is 10.7. The van der Waals surface area contributed by atoms with E-state index >= 15 is 0 Å². The number of para-hydroxylation sites is 1. The van der Waals surface area contributed by atoms with Crippen LogP contribution in [0.3, 0.4) is 0 Å². The summed E-state index contributed by atoms with van der Waals surface area (Å²) in [6.45, 7) is 1.42. The van der Waals surface area contributed by atoms with Crippen LogP contribution in [-0.2, 0) is 24.3 Å². The number of nitrogens with zero attached hydrogens (tertiary/aromatic N) is 2. The number of likely N-dealkylation sites (N-methyl/N-ethyl adjacent to an activating group) is 1. The Labute approximate surface area is 110 Å². The summed E-state index contributed by atoms with van der Waals surface area (Å²) in [4.78, 5) is 13.2. The number of aromatic nitrogens is 1. The van der Waals surface area contributed by atoms with Crippen LogP contribution in [0.4, 0.5) is 4.39 Å². The standard InChI is InChI=1S/C14H15FN2O2/c1-16-6-5-12-10(7-16)9-3-2-4-11(15)14(9)17(12)8-13(18)19/h2-4H,5-8H2,1H3,(H,18,19). The SMILES string of the molecule is CN1CCc2c(c3cccc(F)c3n2CC(=O)O)C1. The van der Waals surface area contributed by atoms with Gasteiger partial charge in [-0.05, 0) is 18.7 Å². The Balaban J connectivity index is 2.30. The maximum Gasteiger partial charge on any atom is 0.323 e. The van der Waals surface area contributed by atoms with Crippen molar-refractivity contribution in [2.24, 2.45) is 0 Å². The number of fused-ring (bicyclic) bond motifs is 3. The Morgan fingerprint density at radius 1 is 1.47 bits per heavy atom. The molecule has 2 heterocycles. The highest BCUT2D eigenvalue weighted by molar-refractivity contribution is 5.87. The number of halogens is 1. The van der Waals surface area contributed by atoms with Gasteiger partial charge in [-0.25, -0.2) is 4.39 Å². The van der Waals surface area contributed by atoms with Gasteiger partial charge in [-0.3, -0.25) is 4.79 Å². The number of hydrogen-bond donors (Lipinski definition) is 1. The van der Waals surface area contributed by atoms with Gasteiger partial charge in [0.25, 0.3) is 0 Å². The molecule has 0 unspecified atom stereocenters. The molecule has 19 heavy (non-hydrogen) atoms. The molecule has 1 aliphatic heterocycles. The summed E-state index contributed by atoms with van der Waals surface area (Å²) < 4.78 is 15.7. The third kappa shape index (κ3) is 1.90. The third-order valence-electron chi connectivity index (χ3n) is 3.71. The zero-order valence-corrected chi connectivity index (χ0v) is 10.7. The van der Waals surface area contributed by atoms with Gasteiger partial charge in [0.05, 0.1) is 5.52 Å². The molecule has 4 nitrogen and oxygen atoms in total. The van der Waals surface area contributed by atoms with Crippen molar-refractivity contribution in [1.82, 2.24) is 9.47 Å². The van der Waals surface area contributed by atoms with Gasteiger partial charge in [0.2, 0.25) is 0 Å². The van der Waals surface area contributed by atoms with Crippen LogP contribution in [0.15, 0.2) is 18.2 Å². The van der Waals surface area contributed by atoms with Crippen LogP contribution in [0.5, 0.6) is 0 Å². The number of carboxylic acid groups (broad SMARTS) is 1. The molecule has 2 aromatic rings. The minimum Gasteiger partial charge on any atom is -0.480 e. The van der Waals surface area contributed by atoms with Gasteiger partial charge in [-0.15, -0.1) is 0 Å². The summed E-state index contributed by atoms with van der Waals surface area (Å²) in [5.74, 6) is -1.29. The molecule has 3 rings (SSSR count). The monoisotopic (exact) mass is 262 g/mol. The van der Waals surface area contributed by atoms with E-state index in [4.69, 9.17) is 5.11 Å². The summed E-state index contributed by atoms with van der Waals surface area (Å²) in [6, 6.07) is 4.93. The highest BCUT2D eigenvalue weighted by atomic mass is 19.1. The van der Waals surface area contributed by atoms with Gasteiger partial charge in [0, 0.05) is 30.6 Å². The zero-order chi connectivity index (χ0) is 13.6. The molecule has 0 radical (unpaired) electrons. The fourth-order valence-electron chi connectivity index (χ4n) is 2.90. The molecule has 0 aliphatic carbocycles. The van der Waals surface area contributed by atoms with E-state index in [-0.39, 0.29) is 12.4 Å². The molecule has 0 amide bonds. The molecule has 0 spiro atoms. The normalized spacial score (nSPS) is 15.7. The van der Waals surface area contributed by atoms with Gasteiger partial charge in [-0.1, -0.05) is 12.1 Å². The largest absolute Gasteiger partial charge is 0.480 e. The number of carboxylic acids is 1. The van der Waals surface area contributed by atoms with Crippen molar-refractivity contribution in [3.63, 3.8) is 0 Å². The molecule has 0 saturated heterocycles. The van der Waals surface area contributed by atoms with Gasteiger partial charge in [-0.2, -0.15) is 0 Å². The van der Waals surface area contributed by atoms with Crippen LogP contribution in [0.2, 0.25) is 0 Å². The molecule has 1 aliphatic rings. The van der Waals surface area contributed by atoms with E-state index in [0.29, 0.717) is 5.52 Å². The van der Waals surface area contributed by atoms with Crippen LogP contribution >= 0.6 is 0 Å². The van der Waals surface area contributed by atoms with Crippen molar-refractivity contribution in [2.75, 3.05) is 13.6 Å². The molecular formula is C14H15FN2O2. The molecule has 1 aromatic heterocycles. The molecule has 1 aromatic carbocycles. The Morgan fingerprint density at radius 3 is 3.00 bits per heavy atom. The fourth-order valence-corrected chi connectivity index (χ4v) is 2.90. The molecule has 0 atom stereocenters. The first-order valence-corrected chi connectivity index (χ1v) is 6.26. The van der Waals surface area contributed by atoms with Crippen LogP contribution in [-0.4, -0.2) is 34.1 Å². The number of rotatable bonds is 2. The number of hydrogen-bond acceptors (Lipinski definition) is 2. The van der Waals surface area contributed by atoms with Crippen LogP contribution < -0.4 is 0 Å². The average Bonchev–Trinajstić information content (AvgIpc) is 2.64. The van der Waals surface area contributed by atoms with E-state index in [0.717, 1.165) is 36.2 Å². The van der Waals surface area contributed by atoms with E-state index in [1.807, 2.05) is 13.1 Å². The minimum atomic E-state index is -0.943. The number of aliphatic carboxylic acids is 1. The summed E-state index contributed by atoms with van der Waals surface area (Å²) in [5, 5.41) is 9.87. The lowest BCUT2D eigenvalue weighted by molar-refractivity contribution is -0.137. The number of carbonyl (C=O) groups is 1. The van der Waals surface area contributed by atoms with Crippen molar-refractivity contribution in [2.45, 2.75) is 19.5 Å².